The third-order valence-corrected chi connectivity index (χ3v) is 4.18. The van der Waals surface area contributed by atoms with Crippen molar-refractivity contribution in [1.82, 2.24) is 10.2 Å². The van der Waals surface area contributed by atoms with E-state index in [-0.39, 0.29) is 11.5 Å². The predicted molar refractivity (Wildman–Crippen MR) is 96.3 cm³/mol. The minimum absolute atomic E-state index is 0.257. The van der Waals surface area contributed by atoms with E-state index in [1.165, 1.54) is 12.1 Å². The zero-order valence-corrected chi connectivity index (χ0v) is 14.7. The zero-order chi connectivity index (χ0) is 18.8. The second-order valence-electron chi connectivity index (χ2n) is 6.18. The van der Waals surface area contributed by atoms with E-state index in [1.807, 2.05) is 18.2 Å². The molecule has 0 bridgehead atoms. The molecule has 1 unspecified atom stereocenters. The highest BCUT2D eigenvalue weighted by Gasteiger charge is 2.28. The Morgan fingerprint density at radius 3 is 2.50 bits per heavy atom. The van der Waals surface area contributed by atoms with Gasteiger partial charge in [-0.1, -0.05) is 12.1 Å². The lowest BCUT2D eigenvalue weighted by molar-refractivity contribution is -0.120. The number of amides is 3. The number of hydrogen-bond donors (Lipinski definition) is 2. The second-order valence-corrected chi connectivity index (χ2v) is 6.18. The van der Waals surface area contributed by atoms with Crippen LogP contribution in [-0.4, -0.2) is 43.8 Å². The summed E-state index contributed by atoms with van der Waals surface area (Å²) in [7, 11) is 5.18. The summed E-state index contributed by atoms with van der Waals surface area (Å²) in [5, 5.41) is 5.04. The maximum absolute atomic E-state index is 12.8. The van der Waals surface area contributed by atoms with Gasteiger partial charge >= 0.3 is 0 Å². The minimum Gasteiger partial charge on any atom is -0.497 e. The molecule has 0 radical (unpaired) electrons. The normalized spacial score (nSPS) is 14.0. The lowest BCUT2D eigenvalue weighted by atomic mass is 10.0. The summed E-state index contributed by atoms with van der Waals surface area (Å²) in [6.45, 7) is 0. The molecule has 1 heterocycles. The molecule has 0 saturated heterocycles. The van der Waals surface area contributed by atoms with Crippen molar-refractivity contribution in [1.29, 1.82) is 0 Å². The molecule has 3 rings (SSSR count). The van der Waals surface area contributed by atoms with E-state index < -0.39 is 17.9 Å². The van der Waals surface area contributed by atoms with Gasteiger partial charge in [0.1, 0.15) is 11.8 Å². The summed E-state index contributed by atoms with van der Waals surface area (Å²) in [5.74, 6) is -0.480. The van der Waals surface area contributed by atoms with Crippen molar-refractivity contribution in [3.63, 3.8) is 0 Å². The molecule has 7 heteroatoms. The molecule has 1 atom stereocenters. The molecular weight excluding hydrogens is 334 g/mol. The fraction of sp³-hybridized carbons (Fsp3) is 0.211. The molecule has 0 fully saturated rings. The van der Waals surface area contributed by atoms with Crippen LogP contribution in [0, 0.1) is 0 Å². The number of benzene rings is 2. The number of carbonyl (C=O) groups is 3. The molecule has 0 saturated carbocycles. The van der Waals surface area contributed by atoms with Gasteiger partial charge in [0.25, 0.3) is 11.8 Å². The van der Waals surface area contributed by atoms with E-state index in [9.17, 15) is 14.4 Å². The van der Waals surface area contributed by atoms with Crippen LogP contribution >= 0.6 is 0 Å². The summed E-state index contributed by atoms with van der Waals surface area (Å²) in [6, 6.07) is 11.4. The average Bonchev–Trinajstić information content (AvgIpc) is 2.88. The van der Waals surface area contributed by atoms with Crippen molar-refractivity contribution >= 4 is 23.4 Å². The average molecular weight is 353 g/mol. The number of nitrogens with one attached hydrogen (secondary N) is 2. The molecule has 26 heavy (non-hydrogen) atoms. The Labute approximate surface area is 150 Å². The number of anilines is 1. The molecule has 2 aromatic rings. The van der Waals surface area contributed by atoms with Gasteiger partial charge in [0.05, 0.1) is 18.2 Å². The van der Waals surface area contributed by atoms with E-state index >= 15 is 0 Å². The van der Waals surface area contributed by atoms with Crippen LogP contribution < -0.4 is 15.4 Å². The highest BCUT2D eigenvalue weighted by molar-refractivity contribution is 6.22. The molecule has 1 aliphatic heterocycles. The van der Waals surface area contributed by atoms with E-state index in [1.54, 1.807) is 38.2 Å². The number of carbonyl (C=O) groups excluding carboxylic acids is 3. The third-order valence-electron chi connectivity index (χ3n) is 4.18. The minimum atomic E-state index is -0.547. The van der Waals surface area contributed by atoms with Gasteiger partial charge in [-0.3, -0.25) is 24.6 Å². The van der Waals surface area contributed by atoms with Gasteiger partial charge in [-0.15, -0.1) is 0 Å². The Kier molecular flexibility index (Phi) is 4.73. The maximum atomic E-state index is 12.8. The SMILES string of the molecule is COc1cccc(C(C(=O)Nc2ccc3c(c2)C(=O)NC3=O)N(C)C)c1. The first kappa shape index (κ1) is 17.6. The van der Waals surface area contributed by atoms with Crippen LogP contribution in [0.4, 0.5) is 5.69 Å². The molecule has 0 spiro atoms. The summed E-state index contributed by atoms with van der Waals surface area (Å²) >= 11 is 0. The van der Waals surface area contributed by atoms with Crippen molar-refractivity contribution in [3.05, 3.63) is 59.2 Å². The molecule has 0 aliphatic carbocycles. The lowest BCUT2D eigenvalue weighted by Gasteiger charge is -2.24. The van der Waals surface area contributed by atoms with Crippen molar-refractivity contribution in [2.45, 2.75) is 6.04 Å². The van der Waals surface area contributed by atoms with Gasteiger partial charge < -0.3 is 10.1 Å². The first-order valence-corrected chi connectivity index (χ1v) is 8.01. The fourth-order valence-corrected chi connectivity index (χ4v) is 2.95. The molecule has 2 aromatic carbocycles. The number of hydrogen-bond acceptors (Lipinski definition) is 5. The molecule has 134 valence electrons. The van der Waals surface area contributed by atoms with Gasteiger partial charge in [0.15, 0.2) is 0 Å². The Hall–Kier alpha value is -3.19. The highest BCUT2D eigenvalue weighted by Crippen LogP contribution is 2.25. The van der Waals surface area contributed by atoms with Crippen LogP contribution in [0.25, 0.3) is 0 Å². The van der Waals surface area contributed by atoms with Crippen molar-refractivity contribution < 1.29 is 19.1 Å². The number of likely N-dealkylation sites (N-methyl/N-ethyl adjacent to an activating group) is 1. The standard InChI is InChI=1S/C19H19N3O4/c1-22(2)16(11-5-4-6-13(9-11)26-3)19(25)20-12-7-8-14-15(10-12)18(24)21-17(14)23/h4-10,16H,1-3H3,(H,20,25)(H,21,23,24). The lowest BCUT2D eigenvalue weighted by Crippen LogP contribution is -2.32. The second kappa shape index (κ2) is 6.97. The Bertz CT molecular complexity index is 892. The molecule has 3 amide bonds. The smallest absolute Gasteiger partial charge is 0.259 e. The first-order chi connectivity index (χ1) is 12.4. The maximum Gasteiger partial charge on any atom is 0.259 e. The number of ether oxygens (including phenoxy) is 1. The molecule has 1 aliphatic rings. The number of methoxy groups -OCH3 is 1. The van der Waals surface area contributed by atoms with E-state index in [0.29, 0.717) is 17.0 Å². The molecule has 2 N–H and O–H groups in total. The van der Waals surface area contributed by atoms with Crippen LogP contribution in [0.15, 0.2) is 42.5 Å². The largest absolute Gasteiger partial charge is 0.497 e. The van der Waals surface area contributed by atoms with Crippen LogP contribution in [-0.2, 0) is 4.79 Å². The van der Waals surface area contributed by atoms with E-state index in [2.05, 4.69) is 10.6 Å². The molecule has 0 aromatic heterocycles. The van der Waals surface area contributed by atoms with Crippen molar-refractivity contribution in [2.24, 2.45) is 0 Å². The summed E-state index contributed by atoms with van der Waals surface area (Å²) in [6.07, 6.45) is 0. The predicted octanol–water partition coefficient (Wildman–Crippen LogP) is 1.82. The third kappa shape index (κ3) is 3.29. The van der Waals surface area contributed by atoms with Gasteiger partial charge in [0, 0.05) is 5.69 Å². The van der Waals surface area contributed by atoms with Gasteiger partial charge in [0.2, 0.25) is 5.91 Å². The van der Waals surface area contributed by atoms with E-state index in [0.717, 1.165) is 5.56 Å². The van der Waals surface area contributed by atoms with Crippen LogP contribution in [0.2, 0.25) is 0 Å². The van der Waals surface area contributed by atoms with Crippen LogP contribution in [0.5, 0.6) is 5.75 Å². The van der Waals surface area contributed by atoms with Gasteiger partial charge in [-0.2, -0.15) is 0 Å². The Morgan fingerprint density at radius 1 is 1.08 bits per heavy atom. The summed E-state index contributed by atoms with van der Waals surface area (Å²) in [5.41, 5.74) is 1.80. The Balaban J connectivity index is 1.86. The number of fused-ring (bicyclic) bond motifs is 1. The molecule has 7 nitrogen and oxygen atoms in total. The van der Waals surface area contributed by atoms with Gasteiger partial charge in [-0.25, -0.2) is 0 Å². The number of nitrogens with zero attached hydrogens (tertiary/aromatic N) is 1. The van der Waals surface area contributed by atoms with E-state index in [4.69, 9.17) is 4.74 Å². The number of imide groups is 1. The molecular formula is C19H19N3O4. The zero-order valence-electron chi connectivity index (χ0n) is 14.7. The summed E-state index contributed by atoms with van der Waals surface area (Å²) < 4.78 is 5.23. The van der Waals surface area contributed by atoms with Crippen LogP contribution in [0.3, 0.4) is 0 Å². The quantitative estimate of drug-likeness (QED) is 0.801. The number of rotatable bonds is 5. The first-order valence-electron chi connectivity index (χ1n) is 8.01. The van der Waals surface area contributed by atoms with Crippen LogP contribution in [0.1, 0.15) is 32.3 Å². The fourth-order valence-electron chi connectivity index (χ4n) is 2.95. The monoisotopic (exact) mass is 353 g/mol. The highest BCUT2D eigenvalue weighted by atomic mass is 16.5. The Morgan fingerprint density at radius 2 is 1.81 bits per heavy atom. The summed E-state index contributed by atoms with van der Waals surface area (Å²) in [4.78, 5) is 38.0. The van der Waals surface area contributed by atoms with Gasteiger partial charge in [-0.05, 0) is 50.0 Å². The van der Waals surface area contributed by atoms with Crippen molar-refractivity contribution in [2.75, 3.05) is 26.5 Å². The van der Waals surface area contributed by atoms with Crippen molar-refractivity contribution in [3.8, 4) is 5.75 Å². The topological polar surface area (TPSA) is 87.7 Å².